The summed E-state index contributed by atoms with van der Waals surface area (Å²) in [5, 5.41) is 0. The Hall–Kier alpha value is -1.32. The van der Waals surface area contributed by atoms with Gasteiger partial charge in [0.1, 0.15) is 0 Å². The average Bonchev–Trinajstić information content (AvgIpc) is 2.20. The minimum Gasteiger partial charge on any atom is -0.381 e. The molecule has 1 heterocycles. The van der Waals surface area contributed by atoms with Gasteiger partial charge in [-0.2, -0.15) is 0 Å². The molecule has 78 valence electrons. The standard InChI is InChI=1S/C10H18N4/c1-4-8(5-2)14(3)10-9(11)12-6-7-13-10/h6-8H,4-5H2,1-3H3,(H2,11,12). The molecule has 0 amide bonds. The smallest absolute Gasteiger partial charge is 0.171 e. The van der Waals surface area contributed by atoms with Gasteiger partial charge in [-0.15, -0.1) is 0 Å². The molecule has 0 atom stereocenters. The number of hydrogen-bond donors (Lipinski definition) is 1. The summed E-state index contributed by atoms with van der Waals surface area (Å²) in [6.07, 6.45) is 5.45. The van der Waals surface area contributed by atoms with Gasteiger partial charge in [0.2, 0.25) is 0 Å². The van der Waals surface area contributed by atoms with Crippen molar-refractivity contribution in [2.24, 2.45) is 0 Å². The lowest BCUT2D eigenvalue weighted by Crippen LogP contribution is -2.31. The molecule has 0 aromatic carbocycles. The molecule has 1 aromatic rings. The van der Waals surface area contributed by atoms with Crippen LogP contribution in [-0.4, -0.2) is 23.1 Å². The molecule has 4 nitrogen and oxygen atoms in total. The lowest BCUT2D eigenvalue weighted by molar-refractivity contribution is 0.587. The molecule has 0 fully saturated rings. The second-order valence-corrected chi connectivity index (χ2v) is 3.35. The fourth-order valence-corrected chi connectivity index (χ4v) is 1.62. The van der Waals surface area contributed by atoms with Crippen molar-refractivity contribution in [1.82, 2.24) is 9.97 Å². The van der Waals surface area contributed by atoms with Crippen LogP contribution in [0.15, 0.2) is 12.4 Å². The van der Waals surface area contributed by atoms with Crippen LogP contribution in [0.3, 0.4) is 0 Å². The van der Waals surface area contributed by atoms with Gasteiger partial charge in [-0.1, -0.05) is 13.8 Å². The second-order valence-electron chi connectivity index (χ2n) is 3.35. The van der Waals surface area contributed by atoms with Crippen molar-refractivity contribution in [3.8, 4) is 0 Å². The van der Waals surface area contributed by atoms with Crippen LogP contribution in [-0.2, 0) is 0 Å². The van der Waals surface area contributed by atoms with E-state index < -0.39 is 0 Å². The highest BCUT2D eigenvalue weighted by atomic mass is 15.2. The average molecular weight is 194 g/mol. The van der Waals surface area contributed by atoms with Gasteiger partial charge in [0.05, 0.1) is 0 Å². The maximum absolute atomic E-state index is 5.75. The van der Waals surface area contributed by atoms with Crippen LogP contribution in [0.25, 0.3) is 0 Å². The lowest BCUT2D eigenvalue weighted by atomic mass is 10.1. The van der Waals surface area contributed by atoms with Crippen LogP contribution in [0.5, 0.6) is 0 Å². The van der Waals surface area contributed by atoms with E-state index in [4.69, 9.17) is 5.73 Å². The number of anilines is 2. The van der Waals surface area contributed by atoms with Crippen LogP contribution in [0.2, 0.25) is 0 Å². The van der Waals surface area contributed by atoms with Crippen LogP contribution < -0.4 is 10.6 Å². The van der Waals surface area contributed by atoms with Gasteiger partial charge < -0.3 is 10.6 Å². The summed E-state index contributed by atoms with van der Waals surface area (Å²) in [7, 11) is 2.01. The van der Waals surface area contributed by atoms with E-state index in [0.717, 1.165) is 18.7 Å². The first-order valence-electron chi connectivity index (χ1n) is 5.00. The second kappa shape index (κ2) is 4.79. The first-order chi connectivity index (χ1) is 6.70. The highest BCUT2D eigenvalue weighted by Crippen LogP contribution is 2.19. The summed E-state index contributed by atoms with van der Waals surface area (Å²) in [5.41, 5.74) is 5.75. The molecule has 1 aromatic heterocycles. The van der Waals surface area contributed by atoms with E-state index in [1.807, 2.05) is 7.05 Å². The maximum Gasteiger partial charge on any atom is 0.171 e. The van der Waals surface area contributed by atoms with Crippen LogP contribution in [0.1, 0.15) is 26.7 Å². The van der Waals surface area contributed by atoms with E-state index in [2.05, 4.69) is 28.7 Å². The Morgan fingerprint density at radius 3 is 2.36 bits per heavy atom. The van der Waals surface area contributed by atoms with E-state index in [-0.39, 0.29) is 0 Å². The zero-order chi connectivity index (χ0) is 10.6. The number of nitrogens with zero attached hydrogens (tertiary/aromatic N) is 3. The van der Waals surface area contributed by atoms with E-state index in [9.17, 15) is 0 Å². The third kappa shape index (κ3) is 2.13. The summed E-state index contributed by atoms with van der Waals surface area (Å²) >= 11 is 0. The number of nitrogens with two attached hydrogens (primary N) is 1. The molecule has 1 rings (SSSR count). The van der Waals surface area contributed by atoms with E-state index >= 15 is 0 Å². The van der Waals surface area contributed by atoms with Crippen LogP contribution in [0, 0.1) is 0 Å². The molecule has 0 saturated carbocycles. The quantitative estimate of drug-likeness (QED) is 0.792. The highest BCUT2D eigenvalue weighted by Gasteiger charge is 2.14. The molecule has 14 heavy (non-hydrogen) atoms. The number of rotatable bonds is 4. The van der Waals surface area contributed by atoms with Gasteiger partial charge in [-0.05, 0) is 12.8 Å². The molecule has 0 bridgehead atoms. The minimum absolute atomic E-state index is 0.481. The van der Waals surface area contributed by atoms with Gasteiger partial charge in [0, 0.05) is 25.5 Å². The summed E-state index contributed by atoms with van der Waals surface area (Å²) in [5.74, 6) is 1.28. The Bertz CT molecular complexity index is 283. The Balaban J connectivity index is 2.88. The molecule has 0 aliphatic carbocycles. The summed E-state index contributed by atoms with van der Waals surface area (Å²) in [6, 6.07) is 0.481. The van der Waals surface area contributed by atoms with Crippen molar-refractivity contribution in [2.75, 3.05) is 17.7 Å². The zero-order valence-electron chi connectivity index (χ0n) is 9.07. The third-order valence-corrected chi connectivity index (χ3v) is 2.53. The first-order valence-corrected chi connectivity index (χ1v) is 5.00. The molecule has 0 aliphatic rings. The van der Waals surface area contributed by atoms with E-state index in [0.29, 0.717) is 11.9 Å². The summed E-state index contributed by atoms with van der Waals surface area (Å²) < 4.78 is 0. The third-order valence-electron chi connectivity index (χ3n) is 2.53. The minimum atomic E-state index is 0.481. The van der Waals surface area contributed by atoms with Gasteiger partial charge in [-0.25, -0.2) is 9.97 Å². The molecule has 2 N–H and O–H groups in total. The van der Waals surface area contributed by atoms with Crippen molar-refractivity contribution < 1.29 is 0 Å². The predicted octanol–water partition coefficient (Wildman–Crippen LogP) is 1.68. The van der Waals surface area contributed by atoms with Gasteiger partial charge >= 0.3 is 0 Å². The molecule has 4 heteroatoms. The fourth-order valence-electron chi connectivity index (χ4n) is 1.62. The molecule has 0 saturated heterocycles. The van der Waals surface area contributed by atoms with Gasteiger partial charge in [0.15, 0.2) is 11.6 Å². The molecule has 0 aliphatic heterocycles. The van der Waals surface area contributed by atoms with Gasteiger partial charge in [-0.3, -0.25) is 0 Å². The maximum atomic E-state index is 5.75. The molecule has 0 unspecified atom stereocenters. The Kier molecular flexibility index (Phi) is 3.68. The van der Waals surface area contributed by atoms with Crippen molar-refractivity contribution in [2.45, 2.75) is 32.7 Å². The van der Waals surface area contributed by atoms with Crippen LogP contribution >= 0.6 is 0 Å². The van der Waals surface area contributed by atoms with E-state index in [1.54, 1.807) is 12.4 Å². The fraction of sp³-hybridized carbons (Fsp3) is 0.600. The van der Waals surface area contributed by atoms with Crippen molar-refractivity contribution in [3.63, 3.8) is 0 Å². The molecule has 0 spiro atoms. The molecular weight excluding hydrogens is 176 g/mol. The normalized spacial score (nSPS) is 10.6. The molecule has 0 radical (unpaired) electrons. The topological polar surface area (TPSA) is 55.0 Å². The van der Waals surface area contributed by atoms with Crippen LogP contribution in [0.4, 0.5) is 11.6 Å². The lowest BCUT2D eigenvalue weighted by Gasteiger charge is -2.27. The van der Waals surface area contributed by atoms with Crippen molar-refractivity contribution in [1.29, 1.82) is 0 Å². The summed E-state index contributed by atoms with van der Waals surface area (Å²) in [4.78, 5) is 10.4. The van der Waals surface area contributed by atoms with Crippen molar-refractivity contribution in [3.05, 3.63) is 12.4 Å². The Morgan fingerprint density at radius 2 is 1.86 bits per heavy atom. The summed E-state index contributed by atoms with van der Waals surface area (Å²) in [6.45, 7) is 4.33. The first kappa shape index (κ1) is 10.8. The number of nitrogen functional groups attached to an aromatic ring is 1. The SMILES string of the molecule is CCC(CC)N(C)c1nccnc1N. The molecular formula is C10H18N4. The highest BCUT2D eigenvalue weighted by molar-refractivity contribution is 5.57. The number of hydrogen-bond acceptors (Lipinski definition) is 4. The van der Waals surface area contributed by atoms with E-state index in [1.165, 1.54) is 0 Å². The monoisotopic (exact) mass is 194 g/mol. The van der Waals surface area contributed by atoms with Crippen molar-refractivity contribution >= 4 is 11.6 Å². The Labute approximate surface area is 85.2 Å². The van der Waals surface area contributed by atoms with Gasteiger partial charge in [0.25, 0.3) is 0 Å². The predicted molar refractivity (Wildman–Crippen MR) is 59.2 cm³/mol. The Morgan fingerprint density at radius 1 is 1.29 bits per heavy atom. The largest absolute Gasteiger partial charge is 0.381 e. The zero-order valence-corrected chi connectivity index (χ0v) is 9.07. The number of aromatic nitrogens is 2.